The lowest BCUT2D eigenvalue weighted by molar-refractivity contribution is -0.274. The molecule has 0 unspecified atom stereocenters. The van der Waals surface area contributed by atoms with Crippen molar-refractivity contribution in [3.63, 3.8) is 0 Å². The maximum atomic E-state index is 12.4. The van der Waals surface area contributed by atoms with Crippen LogP contribution < -0.4 is 10.5 Å². The molecule has 0 radical (unpaired) electrons. The van der Waals surface area contributed by atoms with E-state index in [1.165, 1.54) is 29.2 Å². The molecule has 0 aromatic heterocycles. The van der Waals surface area contributed by atoms with Gasteiger partial charge in [0, 0.05) is 13.6 Å². The number of hydrogen-bond donors (Lipinski definition) is 1. The second-order valence-electron chi connectivity index (χ2n) is 5.72. The van der Waals surface area contributed by atoms with Crippen LogP contribution in [0.3, 0.4) is 0 Å². The molecule has 4 nitrogen and oxygen atoms in total. The molecule has 0 spiro atoms. The summed E-state index contributed by atoms with van der Waals surface area (Å²) in [5.41, 5.74) is 6.03. The number of amides is 1. The fourth-order valence-corrected chi connectivity index (χ4v) is 2.74. The molecule has 0 saturated heterocycles. The third kappa shape index (κ3) is 5.28. The van der Waals surface area contributed by atoms with Gasteiger partial charge in [-0.25, -0.2) is 0 Å². The molecule has 1 aromatic carbocycles. The van der Waals surface area contributed by atoms with E-state index < -0.39 is 11.9 Å². The molecule has 8 heteroatoms. The topological polar surface area (TPSA) is 55.6 Å². The van der Waals surface area contributed by atoms with Crippen LogP contribution in [0.25, 0.3) is 0 Å². The molecule has 23 heavy (non-hydrogen) atoms. The second kappa shape index (κ2) is 7.40. The monoisotopic (exact) mass is 352 g/mol. The van der Waals surface area contributed by atoms with Gasteiger partial charge in [0.2, 0.25) is 5.91 Å². The Morgan fingerprint density at radius 2 is 1.78 bits per heavy atom. The van der Waals surface area contributed by atoms with E-state index in [0.29, 0.717) is 24.9 Å². The van der Waals surface area contributed by atoms with Crippen LogP contribution >= 0.6 is 12.4 Å². The zero-order chi connectivity index (χ0) is 16.4. The average Bonchev–Trinajstić information content (AvgIpc) is 2.86. The molecule has 2 N–H and O–H groups in total. The highest BCUT2D eigenvalue weighted by Gasteiger charge is 2.38. The molecule has 1 aromatic rings. The number of ether oxygens (including phenoxy) is 1. The minimum Gasteiger partial charge on any atom is -0.406 e. The summed E-state index contributed by atoms with van der Waals surface area (Å²) < 4.78 is 40.1. The number of alkyl halides is 3. The number of rotatable bonds is 4. The van der Waals surface area contributed by atoms with E-state index in [9.17, 15) is 18.0 Å². The van der Waals surface area contributed by atoms with Gasteiger partial charge in [0.1, 0.15) is 5.75 Å². The Morgan fingerprint density at radius 3 is 2.26 bits per heavy atom. The summed E-state index contributed by atoms with van der Waals surface area (Å²) in [4.78, 5) is 13.9. The van der Waals surface area contributed by atoms with E-state index in [0.717, 1.165) is 12.8 Å². The average molecular weight is 353 g/mol. The molecule has 130 valence electrons. The number of likely N-dealkylation sites (N-methyl/N-ethyl adjacent to an activating group) is 1. The highest BCUT2D eigenvalue weighted by Crippen LogP contribution is 2.29. The van der Waals surface area contributed by atoms with Gasteiger partial charge in [-0.15, -0.1) is 25.6 Å². The Bertz CT molecular complexity index is 529. The molecule has 2 rings (SSSR count). The van der Waals surface area contributed by atoms with Crippen molar-refractivity contribution >= 4 is 18.3 Å². The van der Waals surface area contributed by atoms with Crippen molar-refractivity contribution in [1.82, 2.24) is 4.90 Å². The third-order valence-electron chi connectivity index (χ3n) is 3.85. The Labute approximate surface area is 139 Å². The number of carbonyl (C=O) groups excluding carboxylic acids is 1. The summed E-state index contributed by atoms with van der Waals surface area (Å²) in [5, 5.41) is 0. The summed E-state index contributed by atoms with van der Waals surface area (Å²) in [6, 6.07) is 5.47. The van der Waals surface area contributed by atoms with E-state index in [1.807, 2.05) is 0 Å². The van der Waals surface area contributed by atoms with Crippen molar-refractivity contribution in [2.45, 2.75) is 44.1 Å². The van der Waals surface area contributed by atoms with Crippen LogP contribution in [-0.2, 0) is 11.3 Å². The van der Waals surface area contributed by atoms with Crippen LogP contribution in [0.1, 0.15) is 31.2 Å². The molecule has 1 amide bonds. The van der Waals surface area contributed by atoms with Gasteiger partial charge in [0.25, 0.3) is 0 Å². The number of carbonyl (C=O) groups is 1. The number of hydrogen-bond acceptors (Lipinski definition) is 3. The number of benzene rings is 1. The van der Waals surface area contributed by atoms with E-state index in [1.54, 1.807) is 7.05 Å². The first-order valence-corrected chi connectivity index (χ1v) is 7.09. The molecule has 0 heterocycles. The van der Waals surface area contributed by atoms with Gasteiger partial charge < -0.3 is 15.4 Å². The Morgan fingerprint density at radius 1 is 1.26 bits per heavy atom. The Kier molecular flexibility index (Phi) is 6.30. The van der Waals surface area contributed by atoms with E-state index >= 15 is 0 Å². The van der Waals surface area contributed by atoms with Gasteiger partial charge in [0.05, 0.1) is 5.54 Å². The molecular weight excluding hydrogens is 333 g/mol. The minimum atomic E-state index is -4.71. The number of halogens is 4. The molecule has 1 aliphatic rings. The van der Waals surface area contributed by atoms with Crippen LogP contribution in [0.5, 0.6) is 5.75 Å². The molecular formula is C15H20ClF3N2O2. The maximum absolute atomic E-state index is 12.4. The van der Waals surface area contributed by atoms with Crippen LogP contribution in [0.15, 0.2) is 24.3 Å². The van der Waals surface area contributed by atoms with Gasteiger partial charge in [-0.1, -0.05) is 25.0 Å². The fraction of sp³-hybridized carbons (Fsp3) is 0.533. The molecule has 1 aliphatic carbocycles. The van der Waals surface area contributed by atoms with Crippen molar-refractivity contribution < 1.29 is 22.7 Å². The van der Waals surface area contributed by atoms with Crippen molar-refractivity contribution in [2.24, 2.45) is 5.73 Å². The van der Waals surface area contributed by atoms with Gasteiger partial charge in [-0.2, -0.15) is 0 Å². The van der Waals surface area contributed by atoms with Crippen LogP contribution in [0, 0.1) is 0 Å². The predicted octanol–water partition coefficient (Wildman–Crippen LogP) is 3.24. The van der Waals surface area contributed by atoms with E-state index in [2.05, 4.69) is 4.74 Å². The fourth-order valence-electron chi connectivity index (χ4n) is 2.74. The normalized spacial score (nSPS) is 16.6. The molecule has 0 atom stereocenters. The zero-order valence-corrected chi connectivity index (χ0v) is 13.5. The first kappa shape index (κ1) is 19.6. The summed E-state index contributed by atoms with van der Waals surface area (Å²) in [6.45, 7) is 0.296. The van der Waals surface area contributed by atoms with E-state index in [4.69, 9.17) is 5.73 Å². The molecule has 1 fully saturated rings. The first-order chi connectivity index (χ1) is 10.2. The largest absolute Gasteiger partial charge is 0.573 e. The lowest BCUT2D eigenvalue weighted by Crippen LogP contribution is -2.52. The van der Waals surface area contributed by atoms with Crippen LogP contribution in [0.4, 0.5) is 13.2 Å². The van der Waals surface area contributed by atoms with Gasteiger partial charge in [0.15, 0.2) is 0 Å². The van der Waals surface area contributed by atoms with Gasteiger partial charge in [-0.05, 0) is 30.5 Å². The molecule has 0 aliphatic heterocycles. The number of nitrogens with two attached hydrogens (primary N) is 1. The van der Waals surface area contributed by atoms with E-state index in [-0.39, 0.29) is 24.1 Å². The summed E-state index contributed by atoms with van der Waals surface area (Å²) >= 11 is 0. The molecule has 0 bridgehead atoms. The van der Waals surface area contributed by atoms with Crippen molar-refractivity contribution in [1.29, 1.82) is 0 Å². The third-order valence-corrected chi connectivity index (χ3v) is 3.85. The van der Waals surface area contributed by atoms with Crippen LogP contribution in [-0.4, -0.2) is 29.8 Å². The van der Waals surface area contributed by atoms with Gasteiger partial charge >= 0.3 is 6.36 Å². The highest BCUT2D eigenvalue weighted by atomic mass is 35.5. The maximum Gasteiger partial charge on any atom is 0.573 e. The summed E-state index contributed by atoms with van der Waals surface area (Å²) in [5.74, 6) is -0.406. The lowest BCUT2D eigenvalue weighted by Gasteiger charge is -2.28. The number of nitrogens with zero attached hydrogens (tertiary/aromatic N) is 1. The summed E-state index contributed by atoms with van der Waals surface area (Å²) in [7, 11) is 1.65. The van der Waals surface area contributed by atoms with Crippen molar-refractivity contribution in [3.8, 4) is 5.75 Å². The molecule has 1 saturated carbocycles. The summed E-state index contributed by atoms with van der Waals surface area (Å²) in [6.07, 6.45) is -1.47. The Hall–Kier alpha value is -1.47. The minimum absolute atomic E-state index is 0. The predicted molar refractivity (Wildman–Crippen MR) is 82.2 cm³/mol. The smallest absolute Gasteiger partial charge is 0.406 e. The standard InChI is InChI=1S/C15H19F3N2O2.ClH/c1-20(13(21)14(19)8-2-3-9-14)10-11-4-6-12(7-5-11)22-15(16,17)18;/h4-7H,2-3,8-10,19H2,1H3;1H. The van der Waals surface area contributed by atoms with Crippen molar-refractivity contribution in [3.05, 3.63) is 29.8 Å². The van der Waals surface area contributed by atoms with Crippen molar-refractivity contribution in [2.75, 3.05) is 7.05 Å². The highest BCUT2D eigenvalue weighted by molar-refractivity contribution is 5.86. The van der Waals surface area contributed by atoms with Gasteiger partial charge in [-0.3, -0.25) is 4.79 Å². The zero-order valence-electron chi connectivity index (χ0n) is 12.7. The lowest BCUT2D eigenvalue weighted by atomic mass is 9.97. The second-order valence-corrected chi connectivity index (χ2v) is 5.72. The Balaban J connectivity index is 0.00000264. The quantitative estimate of drug-likeness (QED) is 0.905. The first-order valence-electron chi connectivity index (χ1n) is 7.09. The SMILES string of the molecule is CN(Cc1ccc(OC(F)(F)F)cc1)C(=O)C1(N)CCCC1.Cl. The van der Waals surface area contributed by atoms with Crippen LogP contribution in [0.2, 0.25) is 0 Å².